The fourth-order valence-corrected chi connectivity index (χ4v) is 1.99. The Hall–Kier alpha value is -2.18. The molecule has 0 spiro atoms. The van der Waals surface area contributed by atoms with Crippen LogP contribution >= 0.6 is 0 Å². The van der Waals surface area contributed by atoms with Crippen molar-refractivity contribution >= 4 is 18.2 Å². The van der Waals surface area contributed by atoms with Gasteiger partial charge in [0, 0.05) is 18.2 Å². The lowest BCUT2D eigenvalue weighted by Gasteiger charge is -2.11. The number of methoxy groups -OCH3 is 2. The van der Waals surface area contributed by atoms with Crippen molar-refractivity contribution in [3.05, 3.63) is 47.5 Å². The molecule has 0 N–H and O–H groups in total. The van der Waals surface area contributed by atoms with E-state index in [4.69, 9.17) is 9.47 Å². The first kappa shape index (κ1) is 15.2. The van der Waals surface area contributed by atoms with E-state index in [1.165, 1.54) is 14.2 Å². The second-order valence-corrected chi connectivity index (χ2v) is 4.32. The summed E-state index contributed by atoms with van der Waals surface area (Å²) in [6.07, 6.45) is 0. The van der Waals surface area contributed by atoms with Crippen molar-refractivity contribution < 1.29 is 27.0 Å². The van der Waals surface area contributed by atoms with Crippen molar-refractivity contribution in [3.63, 3.8) is 0 Å². The minimum atomic E-state index is -0.866. The van der Waals surface area contributed by atoms with E-state index in [0.29, 0.717) is 12.1 Å². The van der Waals surface area contributed by atoms with Gasteiger partial charge in [-0.3, -0.25) is 0 Å². The Balaban J connectivity index is 2.47. The van der Waals surface area contributed by atoms with E-state index < -0.39 is 23.3 Å². The maximum Gasteiger partial charge on any atom is 0.205 e. The molecule has 7 heteroatoms. The van der Waals surface area contributed by atoms with E-state index in [0.717, 1.165) is 12.1 Å². The van der Waals surface area contributed by atoms with Crippen LogP contribution in [0.15, 0.2) is 24.3 Å². The fraction of sp³-hybridized carbons (Fsp3) is 0.143. The molecule has 0 fully saturated rings. The van der Waals surface area contributed by atoms with Gasteiger partial charge in [-0.05, 0) is 17.0 Å². The summed E-state index contributed by atoms with van der Waals surface area (Å²) < 4.78 is 63.7. The maximum atomic E-state index is 13.8. The van der Waals surface area contributed by atoms with Crippen molar-refractivity contribution in [2.24, 2.45) is 0 Å². The number of ether oxygens (including phenoxy) is 2. The Morgan fingerprint density at radius 3 is 2.05 bits per heavy atom. The molecule has 0 bridgehead atoms. The molecule has 0 heterocycles. The van der Waals surface area contributed by atoms with E-state index in [1.807, 2.05) is 0 Å². The number of hydrogen-bond acceptors (Lipinski definition) is 2. The molecular weight excluding hydrogens is 287 g/mol. The smallest absolute Gasteiger partial charge is 0.205 e. The maximum absolute atomic E-state index is 13.8. The molecule has 0 saturated heterocycles. The molecular formula is C14H11BF4O2. The van der Waals surface area contributed by atoms with E-state index >= 15 is 0 Å². The van der Waals surface area contributed by atoms with Crippen molar-refractivity contribution in [1.82, 2.24) is 0 Å². The second kappa shape index (κ2) is 6.07. The Kier molecular flexibility index (Phi) is 4.40. The van der Waals surface area contributed by atoms with E-state index in [9.17, 15) is 17.6 Å². The Morgan fingerprint density at radius 1 is 0.762 bits per heavy atom. The van der Waals surface area contributed by atoms with Crippen LogP contribution in [0.25, 0.3) is 0 Å². The van der Waals surface area contributed by atoms with Crippen LogP contribution < -0.4 is 20.4 Å². The largest absolute Gasteiger partial charge is 0.497 e. The first-order valence-electron chi connectivity index (χ1n) is 6.00. The zero-order chi connectivity index (χ0) is 15.6. The van der Waals surface area contributed by atoms with E-state index in [2.05, 4.69) is 0 Å². The molecule has 0 atom stereocenters. The summed E-state index contributed by atoms with van der Waals surface area (Å²) in [5.74, 6) is -3.58. The monoisotopic (exact) mass is 298 g/mol. The zero-order valence-corrected chi connectivity index (χ0v) is 11.3. The Labute approximate surface area is 119 Å². The first-order chi connectivity index (χ1) is 9.96. The molecule has 2 aromatic rings. The van der Waals surface area contributed by atoms with Crippen molar-refractivity contribution in [2.75, 3.05) is 14.2 Å². The van der Waals surface area contributed by atoms with Crippen LogP contribution in [0, 0.1) is 23.3 Å². The van der Waals surface area contributed by atoms with Gasteiger partial charge in [0.15, 0.2) is 11.6 Å². The quantitative estimate of drug-likeness (QED) is 0.631. The number of rotatable bonds is 4. The van der Waals surface area contributed by atoms with Crippen LogP contribution in [0.5, 0.6) is 11.5 Å². The number of benzene rings is 2. The lowest BCUT2D eigenvalue weighted by atomic mass is 9.63. The fourth-order valence-electron chi connectivity index (χ4n) is 1.99. The van der Waals surface area contributed by atoms with Crippen molar-refractivity contribution in [3.8, 4) is 11.5 Å². The molecule has 0 amide bonds. The van der Waals surface area contributed by atoms with Crippen LogP contribution in [0.4, 0.5) is 17.6 Å². The van der Waals surface area contributed by atoms with Gasteiger partial charge in [0.2, 0.25) is 7.28 Å². The van der Waals surface area contributed by atoms with Crippen molar-refractivity contribution in [2.45, 2.75) is 0 Å². The van der Waals surface area contributed by atoms with Gasteiger partial charge in [-0.1, -0.05) is 0 Å². The van der Waals surface area contributed by atoms with E-state index in [1.54, 1.807) is 0 Å². The summed E-state index contributed by atoms with van der Waals surface area (Å²) in [6, 6.07) is 3.46. The van der Waals surface area contributed by atoms with Gasteiger partial charge in [0.05, 0.1) is 14.2 Å². The molecule has 0 aliphatic heterocycles. The van der Waals surface area contributed by atoms with Gasteiger partial charge in [0.25, 0.3) is 0 Å². The highest BCUT2D eigenvalue weighted by Crippen LogP contribution is 2.17. The summed E-state index contributed by atoms with van der Waals surface area (Å²) in [6.45, 7) is 0. The van der Waals surface area contributed by atoms with Gasteiger partial charge in [0.1, 0.15) is 23.2 Å². The lowest BCUT2D eigenvalue weighted by molar-refractivity contribution is 0.385. The predicted molar refractivity (Wildman–Crippen MR) is 72.2 cm³/mol. The van der Waals surface area contributed by atoms with Gasteiger partial charge < -0.3 is 9.47 Å². The van der Waals surface area contributed by atoms with Crippen LogP contribution in [0.2, 0.25) is 0 Å². The third-order valence-electron chi connectivity index (χ3n) is 3.03. The number of halogens is 4. The molecule has 0 unspecified atom stereocenters. The van der Waals surface area contributed by atoms with Crippen LogP contribution in [-0.2, 0) is 0 Å². The lowest BCUT2D eigenvalue weighted by Crippen LogP contribution is -2.33. The highest BCUT2D eigenvalue weighted by molar-refractivity contribution is 6.68. The van der Waals surface area contributed by atoms with Gasteiger partial charge in [-0.2, -0.15) is 0 Å². The molecule has 2 nitrogen and oxygen atoms in total. The topological polar surface area (TPSA) is 18.5 Å². The molecule has 0 aromatic heterocycles. The van der Waals surface area contributed by atoms with Crippen LogP contribution in [0.3, 0.4) is 0 Å². The average molecular weight is 298 g/mol. The summed E-state index contributed by atoms with van der Waals surface area (Å²) >= 11 is 0. The zero-order valence-electron chi connectivity index (χ0n) is 11.3. The van der Waals surface area contributed by atoms with Crippen LogP contribution in [0.1, 0.15) is 0 Å². The molecule has 0 radical (unpaired) electrons. The molecule has 21 heavy (non-hydrogen) atoms. The minimum absolute atomic E-state index is 0.0112. The van der Waals surface area contributed by atoms with Gasteiger partial charge >= 0.3 is 0 Å². The average Bonchev–Trinajstić information content (AvgIpc) is 2.43. The minimum Gasteiger partial charge on any atom is -0.497 e. The molecule has 0 aliphatic carbocycles. The highest BCUT2D eigenvalue weighted by Gasteiger charge is 2.18. The normalized spacial score (nSPS) is 10.4. The molecule has 110 valence electrons. The Morgan fingerprint density at radius 2 is 1.43 bits per heavy atom. The van der Waals surface area contributed by atoms with E-state index in [-0.39, 0.29) is 29.7 Å². The van der Waals surface area contributed by atoms with Crippen LogP contribution in [-0.4, -0.2) is 21.5 Å². The van der Waals surface area contributed by atoms with Crippen molar-refractivity contribution in [1.29, 1.82) is 0 Å². The standard InChI is InChI=1S/C14H11BF4O2/c1-20-12-5-8(9(17)6-10(12)18)15-14-11(19)3-7(16)4-13(14)21-2/h3-6,15H,1-2H3. The SMILES string of the molecule is COc1cc(Bc2c(F)cc(F)cc2OC)c(F)cc1F. The predicted octanol–water partition coefficient (Wildman–Crippen LogP) is 1.65. The summed E-state index contributed by atoms with van der Waals surface area (Å²) in [5, 5.41) is 0. The molecule has 0 aliphatic rings. The second-order valence-electron chi connectivity index (χ2n) is 4.32. The number of hydrogen-bond donors (Lipinski definition) is 0. The summed E-state index contributed by atoms with van der Waals surface area (Å²) in [5.41, 5.74) is -0.0106. The highest BCUT2D eigenvalue weighted by atomic mass is 19.1. The molecule has 0 saturated carbocycles. The molecule has 2 aromatic carbocycles. The summed E-state index contributed by atoms with van der Waals surface area (Å²) in [4.78, 5) is 0. The molecule has 2 rings (SSSR count). The Bertz CT molecular complexity index is 677. The van der Waals surface area contributed by atoms with Gasteiger partial charge in [-0.15, -0.1) is 0 Å². The third kappa shape index (κ3) is 3.12. The first-order valence-corrected chi connectivity index (χ1v) is 6.00. The van der Waals surface area contributed by atoms with Gasteiger partial charge in [-0.25, -0.2) is 17.6 Å². The third-order valence-corrected chi connectivity index (χ3v) is 3.03. The summed E-state index contributed by atoms with van der Waals surface area (Å²) in [7, 11) is 2.26.